The largest absolute Gasteiger partial charge is 0.331 e. The lowest BCUT2D eigenvalue weighted by Crippen LogP contribution is -2.29. The third-order valence-corrected chi connectivity index (χ3v) is 4.44. The summed E-state index contributed by atoms with van der Waals surface area (Å²) in [7, 11) is 0. The second-order valence-electron chi connectivity index (χ2n) is 6.00. The molecule has 0 aliphatic heterocycles. The van der Waals surface area contributed by atoms with Crippen LogP contribution in [0.2, 0.25) is 0 Å². The van der Waals surface area contributed by atoms with Gasteiger partial charge in [0.05, 0.1) is 6.54 Å². The van der Waals surface area contributed by atoms with Gasteiger partial charge in [0, 0.05) is 11.9 Å². The number of hydrogen-bond acceptors (Lipinski definition) is 3. The van der Waals surface area contributed by atoms with Gasteiger partial charge in [-0.2, -0.15) is 0 Å². The Hall–Kier alpha value is -2.89. The van der Waals surface area contributed by atoms with Crippen molar-refractivity contribution in [3.63, 3.8) is 0 Å². The molecule has 0 fully saturated rings. The molecule has 0 saturated carbocycles. The lowest BCUT2D eigenvalue weighted by atomic mass is 9.90. The third-order valence-electron chi connectivity index (χ3n) is 4.44. The van der Waals surface area contributed by atoms with E-state index < -0.39 is 0 Å². The minimum absolute atomic E-state index is 0.221. The molecule has 0 saturated heterocycles. The van der Waals surface area contributed by atoms with Gasteiger partial charge in [0.15, 0.2) is 11.5 Å². The first-order valence-electron chi connectivity index (χ1n) is 8.25. The molecule has 0 radical (unpaired) electrons. The number of anilines is 1. The van der Waals surface area contributed by atoms with Crippen molar-refractivity contribution in [2.24, 2.45) is 0 Å². The summed E-state index contributed by atoms with van der Waals surface area (Å²) >= 11 is 0. The fraction of sp³-hybridized carbons (Fsp3) is 0.278. The topological polar surface area (TPSA) is 71.3 Å². The Labute approximate surface area is 139 Å². The first-order valence-corrected chi connectivity index (χ1v) is 8.25. The molecule has 0 atom stereocenters. The molecular formula is C18H19N5O. The van der Waals surface area contributed by atoms with Crippen LogP contribution in [-0.2, 0) is 19.4 Å². The molecule has 3 aromatic rings. The molecule has 2 aromatic heterocycles. The van der Waals surface area contributed by atoms with Gasteiger partial charge in [-0.3, -0.25) is 4.40 Å². The standard InChI is InChI=1S/C18H19N5O/c24-18(19-12-17-22-21-16-10-3-4-11-23(16)17)20-15-9-5-7-13-6-1-2-8-14(13)15/h3-5,7,9-11H,1-2,6,8,12H2,(H2,19,20,24). The fourth-order valence-corrected chi connectivity index (χ4v) is 3.24. The molecule has 0 spiro atoms. The molecular weight excluding hydrogens is 302 g/mol. The second kappa shape index (κ2) is 6.31. The molecule has 1 aliphatic rings. The number of urea groups is 1. The number of nitrogens with one attached hydrogen (secondary N) is 2. The van der Waals surface area contributed by atoms with Gasteiger partial charge in [0.2, 0.25) is 0 Å². The van der Waals surface area contributed by atoms with E-state index in [0.29, 0.717) is 12.4 Å². The van der Waals surface area contributed by atoms with Crippen LogP contribution in [0.1, 0.15) is 29.8 Å². The van der Waals surface area contributed by atoms with E-state index in [1.807, 2.05) is 40.9 Å². The second-order valence-corrected chi connectivity index (χ2v) is 6.00. The Bertz CT molecular complexity index is 886. The summed E-state index contributed by atoms with van der Waals surface area (Å²) < 4.78 is 1.87. The van der Waals surface area contributed by atoms with Gasteiger partial charge in [0.25, 0.3) is 0 Å². The predicted octanol–water partition coefficient (Wildman–Crippen LogP) is 2.93. The molecule has 6 heteroatoms. The highest BCUT2D eigenvalue weighted by molar-refractivity contribution is 5.90. The Morgan fingerprint density at radius 2 is 2.00 bits per heavy atom. The number of benzene rings is 1. The van der Waals surface area contributed by atoms with Gasteiger partial charge in [-0.1, -0.05) is 18.2 Å². The average Bonchev–Trinajstić information content (AvgIpc) is 3.04. The van der Waals surface area contributed by atoms with Gasteiger partial charge in [-0.25, -0.2) is 4.79 Å². The maximum atomic E-state index is 12.2. The summed E-state index contributed by atoms with van der Waals surface area (Å²) in [5.74, 6) is 0.704. The molecule has 0 bridgehead atoms. The molecule has 1 aromatic carbocycles. The average molecular weight is 321 g/mol. The summed E-state index contributed by atoms with van der Waals surface area (Å²) in [5, 5.41) is 14.0. The smallest absolute Gasteiger partial charge is 0.319 e. The van der Waals surface area contributed by atoms with Gasteiger partial charge in [-0.15, -0.1) is 10.2 Å². The van der Waals surface area contributed by atoms with Crippen molar-refractivity contribution >= 4 is 17.4 Å². The number of pyridine rings is 1. The number of aryl methyl sites for hydroxylation is 1. The van der Waals surface area contributed by atoms with Crippen molar-refractivity contribution in [1.82, 2.24) is 19.9 Å². The van der Waals surface area contributed by atoms with Crippen LogP contribution >= 0.6 is 0 Å². The van der Waals surface area contributed by atoms with Crippen LogP contribution in [0.3, 0.4) is 0 Å². The maximum Gasteiger partial charge on any atom is 0.319 e. The minimum atomic E-state index is -0.221. The van der Waals surface area contributed by atoms with Crippen LogP contribution in [0.5, 0.6) is 0 Å². The van der Waals surface area contributed by atoms with E-state index in [4.69, 9.17) is 0 Å². The fourth-order valence-electron chi connectivity index (χ4n) is 3.24. The highest BCUT2D eigenvalue weighted by Crippen LogP contribution is 2.27. The van der Waals surface area contributed by atoms with E-state index in [-0.39, 0.29) is 6.03 Å². The lowest BCUT2D eigenvalue weighted by molar-refractivity contribution is 0.251. The van der Waals surface area contributed by atoms with Crippen LogP contribution in [0, 0.1) is 0 Å². The molecule has 6 nitrogen and oxygen atoms in total. The number of carbonyl (C=O) groups excluding carboxylic acids is 1. The first-order chi connectivity index (χ1) is 11.8. The quantitative estimate of drug-likeness (QED) is 0.779. The van der Waals surface area contributed by atoms with Gasteiger partial charge >= 0.3 is 6.03 Å². The summed E-state index contributed by atoms with van der Waals surface area (Å²) in [4.78, 5) is 12.2. The van der Waals surface area contributed by atoms with Crippen molar-refractivity contribution in [2.45, 2.75) is 32.2 Å². The highest BCUT2D eigenvalue weighted by Gasteiger charge is 2.14. The highest BCUT2D eigenvalue weighted by atomic mass is 16.2. The Kier molecular flexibility index (Phi) is 3.86. The number of amides is 2. The Balaban J connectivity index is 1.44. The van der Waals surface area contributed by atoms with Crippen molar-refractivity contribution in [2.75, 3.05) is 5.32 Å². The third kappa shape index (κ3) is 2.82. The summed E-state index contributed by atoms with van der Waals surface area (Å²) in [5.41, 5.74) is 4.30. The van der Waals surface area contributed by atoms with Gasteiger partial charge < -0.3 is 10.6 Å². The number of carbonyl (C=O) groups is 1. The Morgan fingerprint density at radius 1 is 1.08 bits per heavy atom. The molecule has 2 N–H and O–H groups in total. The van der Waals surface area contributed by atoms with Crippen LogP contribution in [0.4, 0.5) is 10.5 Å². The molecule has 2 amide bonds. The molecule has 122 valence electrons. The summed E-state index contributed by atoms with van der Waals surface area (Å²) in [6.45, 7) is 0.325. The molecule has 0 unspecified atom stereocenters. The molecule has 1 aliphatic carbocycles. The number of aromatic nitrogens is 3. The van der Waals surface area contributed by atoms with E-state index in [0.717, 1.165) is 24.2 Å². The SMILES string of the molecule is O=C(NCc1nnc2ccccn12)Nc1cccc2c1CCCC2. The van der Waals surface area contributed by atoms with Crippen LogP contribution in [0.25, 0.3) is 5.65 Å². The maximum absolute atomic E-state index is 12.2. The van der Waals surface area contributed by atoms with E-state index in [1.165, 1.54) is 24.0 Å². The van der Waals surface area contributed by atoms with Crippen LogP contribution in [-0.4, -0.2) is 20.6 Å². The van der Waals surface area contributed by atoms with E-state index in [1.54, 1.807) is 0 Å². The van der Waals surface area contributed by atoms with Crippen molar-refractivity contribution in [3.05, 3.63) is 59.5 Å². The number of rotatable bonds is 3. The lowest BCUT2D eigenvalue weighted by Gasteiger charge is -2.19. The van der Waals surface area contributed by atoms with Crippen molar-refractivity contribution in [1.29, 1.82) is 0 Å². The molecule has 2 heterocycles. The van der Waals surface area contributed by atoms with Crippen molar-refractivity contribution in [3.8, 4) is 0 Å². The first kappa shape index (κ1) is 14.7. The van der Waals surface area contributed by atoms with E-state index in [2.05, 4.69) is 26.9 Å². The molecule has 24 heavy (non-hydrogen) atoms. The van der Waals surface area contributed by atoms with Crippen LogP contribution in [0.15, 0.2) is 42.6 Å². The minimum Gasteiger partial charge on any atom is -0.331 e. The van der Waals surface area contributed by atoms with Gasteiger partial charge in [0.1, 0.15) is 0 Å². The zero-order valence-electron chi connectivity index (χ0n) is 13.3. The predicted molar refractivity (Wildman–Crippen MR) is 91.9 cm³/mol. The zero-order valence-corrected chi connectivity index (χ0v) is 13.3. The van der Waals surface area contributed by atoms with Crippen LogP contribution < -0.4 is 10.6 Å². The number of nitrogens with zero attached hydrogens (tertiary/aromatic N) is 3. The number of fused-ring (bicyclic) bond motifs is 2. The van der Waals surface area contributed by atoms with Crippen molar-refractivity contribution < 1.29 is 4.79 Å². The summed E-state index contributed by atoms with van der Waals surface area (Å²) in [6.07, 6.45) is 6.41. The zero-order chi connectivity index (χ0) is 16.4. The number of hydrogen-bond donors (Lipinski definition) is 2. The normalized spacial score (nSPS) is 13.5. The van der Waals surface area contributed by atoms with E-state index >= 15 is 0 Å². The van der Waals surface area contributed by atoms with E-state index in [9.17, 15) is 4.79 Å². The molecule has 4 rings (SSSR count). The summed E-state index contributed by atoms with van der Waals surface area (Å²) in [6, 6.07) is 11.6. The Morgan fingerprint density at radius 3 is 2.96 bits per heavy atom. The van der Waals surface area contributed by atoms with Gasteiger partial charge in [-0.05, 0) is 55.0 Å². The monoisotopic (exact) mass is 321 g/mol.